The van der Waals surface area contributed by atoms with Crippen LogP contribution in [0.3, 0.4) is 0 Å². The molecule has 2 aromatic carbocycles. The van der Waals surface area contributed by atoms with Crippen LogP contribution in [0.2, 0.25) is 0 Å². The lowest BCUT2D eigenvalue weighted by atomic mass is 10.2. The van der Waals surface area contributed by atoms with Crippen LogP contribution in [0.25, 0.3) is 0 Å². The minimum absolute atomic E-state index is 0. The highest BCUT2D eigenvalue weighted by Gasteiger charge is 2.06. The van der Waals surface area contributed by atoms with E-state index in [1.54, 1.807) is 28.4 Å². The third-order valence-corrected chi connectivity index (χ3v) is 3.78. The highest BCUT2D eigenvalue weighted by atomic mass is 127. The molecule has 0 saturated carbocycles. The summed E-state index contributed by atoms with van der Waals surface area (Å²) < 4.78 is 15.8. The van der Waals surface area contributed by atoms with Gasteiger partial charge in [-0.05, 0) is 29.8 Å². The second kappa shape index (κ2) is 11.5. The molecule has 0 bridgehead atoms. The number of rotatable bonds is 7. The van der Waals surface area contributed by atoms with Gasteiger partial charge in [-0.1, -0.05) is 12.1 Å². The standard InChI is InChI=1S/C19H25N3O3.HI/c1-20-19(21-12-14-5-8-16(23-2)9-6-14)22-13-15-7-10-17(24-3)11-18(15)25-4;/h5-11H,12-13H2,1-4H3,(H2,20,21,22);1H. The number of hydrogen-bond donors (Lipinski definition) is 2. The molecule has 0 aliphatic rings. The molecule has 0 aliphatic carbocycles. The van der Waals surface area contributed by atoms with E-state index in [0.29, 0.717) is 19.0 Å². The van der Waals surface area contributed by atoms with E-state index in [4.69, 9.17) is 14.2 Å². The predicted molar refractivity (Wildman–Crippen MR) is 115 cm³/mol. The smallest absolute Gasteiger partial charge is 0.191 e. The van der Waals surface area contributed by atoms with Crippen LogP contribution in [-0.2, 0) is 13.1 Å². The molecule has 2 aromatic rings. The lowest BCUT2D eigenvalue weighted by Gasteiger charge is -2.14. The van der Waals surface area contributed by atoms with E-state index in [1.807, 2.05) is 42.5 Å². The van der Waals surface area contributed by atoms with Crippen LogP contribution in [0.4, 0.5) is 0 Å². The van der Waals surface area contributed by atoms with Gasteiger partial charge in [0.15, 0.2) is 5.96 Å². The van der Waals surface area contributed by atoms with E-state index in [9.17, 15) is 0 Å². The number of aliphatic imine (C=N–C) groups is 1. The fraction of sp³-hybridized carbons (Fsp3) is 0.316. The van der Waals surface area contributed by atoms with Crippen molar-refractivity contribution < 1.29 is 14.2 Å². The number of nitrogens with one attached hydrogen (secondary N) is 2. The molecule has 0 unspecified atom stereocenters. The van der Waals surface area contributed by atoms with Crippen LogP contribution in [0.5, 0.6) is 17.2 Å². The molecule has 142 valence electrons. The molecule has 26 heavy (non-hydrogen) atoms. The van der Waals surface area contributed by atoms with Crippen molar-refractivity contribution in [3.63, 3.8) is 0 Å². The highest BCUT2D eigenvalue weighted by Crippen LogP contribution is 2.24. The Labute approximate surface area is 172 Å². The molecule has 0 aliphatic heterocycles. The van der Waals surface area contributed by atoms with Crippen molar-refractivity contribution in [3.05, 3.63) is 53.6 Å². The largest absolute Gasteiger partial charge is 0.497 e. The molecule has 0 fully saturated rings. The maximum absolute atomic E-state index is 5.41. The molecule has 0 saturated heterocycles. The Kier molecular flexibility index (Phi) is 9.64. The Morgan fingerprint density at radius 1 is 0.846 bits per heavy atom. The molecule has 0 heterocycles. The van der Waals surface area contributed by atoms with E-state index in [0.717, 1.165) is 28.4 Å². The van der Waals surface area contributed by atoms with E-state index in [2.05, 4.69) is 15.6 Å². The van der Waals surface area contributed by atoms with Crippen molar-refractivity contribution in [3.8, 4) is 17.2 Å². The van der Waals surface area contributed by atoms with E-state index in [1.165, 1.54) is 0 Å². The van der Waals surface area contributed by atoms with Gasteiger partial charge in [-0.25, -0.2) is 0 Å². The van der Waals surface area contributed by atoms with Crippen molar-refractivity contribution in [2.24, 2.45) is 4.99 Å². The highest BCUT2D eigenvalue weighted by molar-refractivity contribution is 14.0. The average molecular weight is 471 g/mol. The van der Waals surface area contributed by atoms with Gasteiger partial charge in [0.05, 0.1) is 21.3 Å². The minimum Gasteiger partial charge on any atom is -0.497 e. The number of halogens is 1. The molecule has 0 spiro atoms. The monoisotopic (exact) mass is 471 g/mol. The van der Waals surface area contributed by atoms with Gasteiger partial charge < -0.3 is 24.8 Å². The maximum atomic E-state index is 5.41. The Balaban J connectivity index is 0.00000338. The van der Waals surface area contributed by atoms with Gasteiger partial charge in [-0.3, -0.25) is 4.99 Å². The van der Waals surface area contributed by atoms with Gasteiger partial charge >= 0.3 is 0 Å². The lowest BCUT2D eigenvalue weighted by molar-refractivity contribution is 0.390. The predicted octanol–water partition coefficient (Wildman–Crippen LogP) is 3.20. The summed E-state index contributed by atoms with van der Waals surface area (Å²) in [5.74, 6) is 3.10. The number of nitrogens with zero attached hydrogens (tertiary/aromatic N) is 1. The number of benzene rings is 2. The van der Waals surface area contributed by atoms with Crippen LogP contribution in [0, 0.1) is 0 Å². The van der Waals surface area contributed by atoms with Gasteiger partial charge in [-0.15, -0.1) is 24.0 Å². The van der Waals surface area contributed by atoms with Crippen molar-refractivity contribution in [1.82, 2.24) is 10.6 Å². The number of methoxy groups -OCH3 is 3. The Hall–Kier alpha value is -2.16. The summed E-state index contributed by atoms with van der Waals surface area (Å²) in [6.45, 7) is 1.26. The van der Waals surface area contributed by atoms with Crippen LogP contribution < -0.4 is 24.8 Å². The van der Waals surface area contributed by atoms with Crippen LogP contribution >= 0.6 is 24.0 Å². The fourth-order valence-corrected chi connectivity index (χ4v) is 2.33. The molecule has 0 atom stereocenters. The molecule has 2 N–H and O–H groups in total. The number of guanidine groups is 1. The summed E-state index contributed by atoms with van der Waals surface area (Å²) in [7, 11) is 6.69. The van der Waals surface area contributed by atoms with Crippen molar-refractivity contribution in [2.75, 3.05) is 28.4 Å². The summed E-state index contributed by atoms with van der Waals surface area (Å²) in [5.41, 5.74) is 2.17. The van der Waals surface area contributed by atoms with E-state index < -0.39 is 0 Å². The quantitative estimate of drug-likeness (QED) is 0.369. The number of ether oxygens (including phenoxy) is 3. The number of hydrogen-bond acceptors (Lipinski definition) is 4. The minimum atomic E-state index is 0. The lowest BCUT2D eigenvalue weighted by Crippen LogP contribution is -2.36. The third kappa shape index (κ3) is 6.29. The summed E-state index contributed by atoms with van der Waals surface area (Å²) >= 11 is 0. The van der Waals surface area contributed by atoms with Crippen molar-refractivity contribution in [1.29, 1.82) is 0 Å². The SMILES string of the molecule is CN=C(NCc1ccc(OC)cc1)NCc1ccc(OC)cc1OC.I. The first kappa shape index (κ1) is 21.9. The molecule has 2 rings (SSSR count). The molecule has 0 aromatic heterocycles. The maximum Gasteiger partial charge on any atom is 0.191 e. The van der Waals surface area contributed by atoms with Gasteiger partial charge in [0, 0.05) is 31.8 Å². The molecular formula is C19H26IN3O3. The van der Waals surface area contributed by atoms with Crippen molar-refractivity contribution >= 4 is 29.9 Å². The van der Waals surface area contributed by atoms with Gasteiger partial charge in [0.2, 0.25) is 0 Å². The molecule has 0 radical (unpaired) electrons. The molecule has 0 amide bonds. The zero-order chi connectivity index (χ0) is 18.1. The van der Waals surface area contributed by atoms with E-state index >= 15 is 0 Å². The van der Waals surface area contributed by atoms with Crippen LogP contribution in [-0.4, -0.2) is 34.3 Å². The van der Waals surface area contributed by atoms with Gasteiger partial charge in [-0.2, -0.15) is 0 Å². The summed E-state index contributed by atoms with van der Waals surface area (Å²) in [6, 6.07) is 13.7. The first-order valence-corrected chi connectivity index (χ1v) is 7.98. The first-order valence-electron chi connectivity index (χ1n) is 7.98. The van der Waals surface area contributed by atoms with Gasteiger partial charge in [0.1, 0.15) is 17.2 Å². The average Bonchev–Trinajstić information content (AvgIpc) is 2.68. The van der Waals surface area contributed by atoms with Crippen LogP contribution in [0.15, 0.2) is 47.5 Å². The second-order valence-corrected chi connectivity index (χ2v) is 5.31. The summed E-state index contributed by atoms with van der Waals surface area (Å²) in [4.78, 5) is 4.25. The molecular weight excluding hydrogens is 445 g/mol. The van der Waals surface area contributed by atoms with Crippen molar-refractivity contribution in [2.45, 2.75) is 13.1 Å². The second-order valence-electron chi connectivity index (χ2n) is 5.31. The first-order chi connectivity index (χ1) is 12.2. The Morgan fingerprint density at radius 2 is 1.46 bits per heavy atom. The third-order valence-electron chi connectivity index (χ3n) is 3.78. The normalized spacial score (nSPS) is 10.5. The van der Waals surface area contributed by atoms with E-state index in [-0.39, 0.29) is 24.0 Å². The molecule has 7 heteroatoms. The fourth-order valence-electron chi connectivity index (χ4n) is 2.33. The van der Waals surface area contributed by atoms with Gasteiger partial charge in [0.25, 0.3) is 0 Å². The van der Waals surface area contributed by atoms with Crippen LogP contribution in [0.1, 0.15) is 11.1 Å². The summed E-state index contributed by atoms with van der Waals surface area (Å²) in [6.07, 6.45) is 0. The zero-order valence-corrected chi connectivity index (χ0v) is 17.9. The Morgan fingerprint density at radius 3 is 2.04 bits per heavy atom. The molecule has 6 nitrogen and oxygen atoms in total. The topological polar surface area (TPSA) is 64.1 Å². The Bertz CT molecular complexity index is 706. The zero-order valence-electron chi connectivity index (χ0n) is 15.5. The summed E-state index contributed by atoms with van der Waals surface area (Å²) in [5, 5.41) is 6.57.